The Labute approximate surface area is 181 Å². The molecule has 1 aliphatic carbocycles. The van der Waals surface area contributed by atoms with Crippen LogP contribution in [0.25, 0.3) is 11.1 Å². The molecule has 3 rings (SSSR count). The zero-order valence-electron chi connectivity index (χ0n) is 16.7. The molecule has 1 heterocycles. The first kappa shape index (κ1) is 21.0. The summed E-state index contributed by atoms with van der Waals surface area (Å²) in [5.74, 6) is 0.903. The van der Waals surface area contributed by atoms with Crippen LogP contribution in [-0.2, 0) is 6.54 Å². The number of nitrogens with zero attached hydrogens (tertiary/aromatic N) is 2. The van der Waals surface area contributed by atoms with Crippen LogP contribution < -0.4 is 10.1 Å². The monoisotopic (exact) mass is 493 g/mol. The van der Waals surface area contributed by atoms with Crippen molar-refractivity contribution in [2.75, 3.05) is 14.2 Å². The zero-order valence-corrected chi connectivity index (χ0v) is 18.9. The van der Waals surface area contributed by atoms with Crippen molar-refractivity contribution in [3.05, 3.63) is 47.8 Å². The van der Waals surface area contributed by atoms with E-state index in [2.05, 4.69) is 28.5 Å². The lowest BCUT2D eigenvalue weighted by molar-refractivity contribution is 0.188. The van der Waals surface area contributed by atoms with Crippen LogP contribution in [0.5, 0.6) is 5.75 Å². The Morgan fingerprint density at radius 2 is 1.93 bits per heavy atom. The highest BCUT2D eigenvalue weighted by Gasteiger charge is 2.25. The number of ether oxygens (including phenoxy) is 1. The summed E-state index contributed by atoms with van der Waals surface area (Å²) in [7, 11) is 3.62. The van der Waals surface area contributed by atoms with Crippen molar-refractivity contribution in [2.45, 2.75) is 51.2 Å². The van der Waals surface area contributed by atoms with Gasteiger partial charge in [0, 0.05) is 71.3 Å². The van der Waals surface area contributed by atoms with Crippen molar-refractivity contribution in [1.29, 1.82) is 0 Å². The minimum atomic E-state index is 0.126. The molecule has 150 valence electrons. The highest BCUT2D eigenvalue weighted by atomic mass is 127. The molecule has 0 spiro atoms. The van der Waals surface area contributed by atoms with Gasteiger partial charge in [-0.2, -0.15) is 0 Å². The molecule has 28 heavy (non-hydrogen) atoms. The van der Waals surface area contributed by atoms with Gasteiger partial charge in [0.25, 0.3) is 3.91 Å². The lowest BCUT2D eigenvalue weighted by Gasteiger charge is -2.34. The van der Waals surface area contributed by atoms with E-state index in [1.165, 1.54) is 0 Å². The fraction of sp³-hybridized carbons (Fsp3) is 0.455. The number of carbonyl (C=O) groups excluding carboxylic acids is 1. The van der Waals surface area contributed by atoms with Crippen molar-refractivity contribution in [1.82, 2.24) is 15.2 Å². The maximum Gasteiger partial charge on any atom is 0.283 e. The van der Waals surface area contributed by atoms with E-state index < -0.39 is 0 Å². The van der Waals surface area contributed by atoms with E-state index in [1.54, 1.807) is 7.11 Å². The number of hydrogen-bond donors (Lipinski definition) is 1. The van der Waals surface area contributed by atoms with Gasteiger partial charge in [-0.25, -0.2) is 0 Å². The van der Waals surface area contributed by atoms with Gasteiger partial charge in [-0.3, -0.25) is 9.78 Å². The molecular weight excluding hydrogens is 465 g/mol. The third-order valence-electron chi connectivity index (χ3n) is 5.63. The molecule has 0 bridgehead atoms. The molecule has 5 nitrogen and oxygen atoms in total. The second-order valence-corrected chi connectivity index (χ2v) is 8.39. The van der Waals surface area contributed by atoms with Crippen molar-refractivity contribution < 1.29 is 9.53 Å². The quantitative estimate of drug-likeness (QED) is 0.352. The maximum absolute atomic E-state index is 11.6. The van der Waals surface area contributed by atoms with E-state index in [4.69, 9.17) is 4.74 Å². The molecular formula is C22H28IN3O2. The molecule has 1 fully saturated rings. The van der Waals surface area contributed by atoms with E-state index >= 15 is 0 Å². The summed E-state index contributed by atoms with van der Waals surface area (Å²) < 4.78 is 5.70. The molecule has 0 aliphatic heterocycles. The third kappa shape index (κ3) is 5.23. The first-order valence-electron chi connectivity index (χ1n) is 9.73. The van der Waals surface area contributed by atoms with Crippen LogP contribution in [-0.4, -0.2) is 40.0 Å². The fourth-order valence-electron chi connectivity index (χ4n) is 3.80. The summed E-state index contributed by atoms with van der Waals surface area (Å²) in [6.45, 7) is 2.77. The van der Waals surface area contributed by atoms with Gasteiger partial charge in [0.05, 0.1) is 7.11 Å². The Kier molecular flexibility index (Phi) is 7.29. The number of methoxy groups -OCH3 is 1. The van der Waals surface area contributed by atoms with E-state index in [9.17, 15) is 4.79 Å². The second kappa shape index (κ2) is 9.69. The van der Waals surface area contributed by atoms with Gasteiger partial charge in [0.15, 0.2) is 0 Å². The van der Waals surface area contributed by atoms with E-state index in [-0.39, 0.29) is 3.91 Å². The Morgan fingerprint density at radius 1 is 1.21 bits per heavy atom. The molecule has 0 radical (unpaired) electrons. The topological polar surface area (TPSA) is 54.5 Å². The number of rotatable bonds is 6. The van der Waals surface area contributed by atoms with Crippen LogP contribution in [0.2, 0.25) is 0 Å². The zero-order chi connectivity index (χ0) is 20.1. The number of nitrogens with one attached hydrogen (secondary N) is 1. The molecule has 1 saturated carbocycles. The number of hydrogen-bond acceptors (Lipinski definition) is 4. The lowest BCUT2D eigenvalue weighted by atomic mass is 9.90. The minimum Gasteiger partial charge on any atom is -0.496 e. The van der Waals surface area contributed by atoms with Crippen LogP contribution in [0.3, 0.4) is 0 Å². The summed E-state index contributed by atoms with van der Waals surface area (Å²) in [6.07, 6.45) is 6.19. The highest BCUT2D eigenvalue weighted by Crippen LogP contribution is 2.28. The molecule has 1 N–H and O–H groups in total. The van der Waals surface area contributed by atoms with Crippen LogP contribution >= 0.6 is 22.6 Å². The standard InChI is InChI=1S/C22H28IN3O2/c1-15-4-5-17(13-24-15)16-6-11-21(28-3)18(12-16)14-25-19-7-9-20(10-8-19)26(2)22(23)27/h4-6,11-13,19-20,25H,7-10,14H2,1-3H3. The predicted octanol–water partition coefficient (Wildman–Crippen LogP) is 4.95. The molecule has 1 aromatic carbocycles. The van der Waals surface area contributed by atoms with Crippen molar-refractivity contribution in [3.63, 3.8) is 0 Å². The first-order valence-corrected chi connectivity index (χ1v) is 10.8. The number of pyridine rings is 1. The number of aromatic nitrogens is 1. The number of amides is 1. The van der Waals surface area contributed by atoms with Gasteiger partial charge >= 0.3 is 0 Å². The van der Waals surface area contributed by atoms with Crippen molar-refractivity contribution >= 4 is 26.5 Å². The van der Waals surface area contributed by atoms with Crippen LogP contribution in [0.1, 0.15) is 36.9 Å². The van der Waals surface area contributed by atoms with Gasteiger partial charge in [0.1, 0.15) is 5.75 Å². The predicted molar refractivity (Wildman–Crippen MR) is 121 cm³/mol. The lowest BCUT2D eigenvalue weighted by Crippen LogP contribution is -2.41. The van der Waals surface area contributed by atoms with Crippen LogP contribution in [0.4, 0.5) is 4.79 Å². The van der Waals surface area contributed by atoms with E-state index in [0.29, 0.717) is 12.1 Å². The Bertz CT molecular complexity index is 802. The molecule has 1 aliphatic rings. The number of carbonyl (C=O) groups is 1. The molecule has 6 heteroatoms. The third-order valence-corrected chi connectivity index (χ3v) is 6.39. The molecule has 1 amide bonds. The Balaban J connectivity index is 1.63. The summed E-state index contributed by atoms with van der Waals surface area (Å²) in [5.41, 5.74) is 4.43. The maximum atomic E-state index is 11.6. The number of aryl methyl sites for hydroxylation is 1. The van der Waals surface area contributed by atoms with Crippen molar-refractivity contribution in [2.24, 2.45) is 0 Å². The second-order valence-electron chi connectivity index (χ2n) is 7.47. The molecule has 1 aromatic heterocycles. The van der Waals surface area contributed by atoms with Crippen LogP contribution in [0.15, 0.2) is 36.5 Å². The van der Waals surface area contributed by atoms with Gasteiger partial charge in [-0.15, -0.1) is 0 Å². The van der Waals surface area contributed by atoms with Gasteiger partial charge < -0.3 is 15.0 Å². The highest BCUT2D eigenvalue weighted by molar-refractivity contribution is 14.1. The summed E-state index contributed by atoms with van der Waals surface area (Å²) in [6, 6.07) is 11.3. The molecule has 0 unspecified atom stereocenters. The smallest absolute Gasteiger partial charge is 0.283 e. The van der Waals surface area contributed by atoms with Gasteiger partial charge in [-0.05, 0) is 56.4 Å². The van der Waals surface area contributed by atoms with Gasteiger partial charge in [0.2, 0.25) is 0 Å². The minimum absolute atomic E-state index is 0.126. The molecule has 2 aromatic rings. The van der Waals surface area contributed by atoms with Crippen LogP contribution in [0, 0.1) is 6.92 Å². The average Bonchev–Trinajstić information content (AvgIpc) is 2.72. The van der Waals surface area contributed by atoms with Gasteiger partial charge in [-0.1, -0.05) is 12.1 Å². The Morgan fingerprint density at radius 3 is 2.54 bits per heavy atom. The number of halogens is 1. The average molecular weight is 493 g/mol. The van der Waals surface area contributed by atoms with Crippen molar-refractivity contribution in [3.8, 4) is 16.9 Å². The largest absolute Gasteiger partial charge is 0.496 e. The van der Waals surface area contributed by atoms with E-state index in [1.807, 2.05) is 59.8 Å². The summed E-state index contributed by atoms with van der Waals surface area (Å²) in [5, 5.41) is 3.69. The first-order chi connectivity index (χ1) is 13.5. The normalized spacial score (nSPS) is 19.3. The fourth-order valence-corrected chi connectivity index (χ4v) is 4.19. The summed E-state index contributed by atoms with van der Waals surface area (Å²) >= 11 is 1.87. The molecule has 0 atom stereocenters. The Hall–Kier alpha value is -1.67. The number of benzene rings is 1. The SMILES string of the molecule is COc1ccc(-c2ccc(C)nc2)cc1CNC1CCC(N(C)C(=O)I)CC1. The summed E-state index contributed by atoms with van der Waals surface area (Å²) in [4.78, 5) is 17.8. The van der Waals surface area contributed by atoms with E-state index in [0.717, 1.165) is 60.4 Å². The molecule has 0 saturated heterocycles.